The molecule has 0 unspecified atom stereocenters. The maximum absolute atomic E-state index is 12.3. The Kier molecular flexibility index (Phi) is 5.19. The van der Waals surface area contributed by atoms with Gasteiger partial charge >= 0.3 is 0 Å². The van der Waals surface area contributed by atoms with Crippen LogP contribution in [0.5, 0.6) is 0 Å². The minimum atomic E-state index is -3.44. The number of carbonyl (C=O) groups excluding carboxylic acids is 1. The summed E-state index contributed by atoms with van der Waals surface area (Å²) >= 11 is 12.0. The van der Waals surface area contributed by atoms with Gasteiger partial charge in [0.15, 0.2) is 0 Å². The summed E-state index contributed by atoms with van der Waals surface area (Å²) in [6, 6.07) is 9.57. The molecule has 0 aliphatic carbocycles. The highest BCUT2D eigenvalue weighted by atomic mass is 35.5. The van der Waals surface area contributed by atoms with Crippen LogP contribution in [0.25, 0.3) is 0 Å². The van der Waals surface area contributed by atoms with E-state index < -0.39 is 15.9 Å². The minimum absolute atomic E-state index is 0.276. The second kappa shape index (κ2) is 6.78. The van der Waals surface area contributed by atoms with E-state index in [-0.39, 0.29) is 5.56 Å². The van der Waals surface area contributed by atoms with Gasteiger partial charge in [-0.2, -0.15) is 0 Å². The smallest absolute Gasteiger partial charge is 0.255 e. The summed E-state index contributed by atoms with van der Waals surface area (Å²) in [6.07, 6.45) is 1.04. The number of benzene rings is 2. The normalized spacial score (nSPS) is 11.1. The molecule has 0 saturated carbocycles. The second-order valence-corrected chi connectivity index (χ2v) is 7.52. The Morgan fingerprint density at radius 3 is 2.26 bits per heavy atom. The van der Waals surface area contributed by atoms with Gasteiger partial charge in [-0.15, -0.1) is 0 Å². The van der Waals surface area contributed by atoms with Crippen molar-refractivity contribution in [2.45, 2.75) is 6.92 Å². The number of halogens is 2. The van der Waals surface area contributed by atoms with E-state index in [4.69, 9.17) is 23.2 Å². The van der Waals surface area contributed by atoms with Crippen LogP contribution in [0.4, 0.5) is 11.4 Å². The summed E-state index contributed by atoms with van der Waals surface area (Å²) in [5, 5.41) is 3.25. The third kappa shape index (κ3) is 4.60. The number of aryl methyl sites for hydroxylation is 1. The zero-order valence-corrected chi connectivity index (χ0v) is 14.7. The highest BCUT2D eigenvalue weighted by molar-refractivity contribution is 7.92. The largest absolute Gasteiger partial charge is 0.319 e. The van der Waals surface area contributed by atoms with Crippen molar-refractivity contribution < 1.29 is 13.2 Å². The summed E-state index contributed by atoms with van der Waals surface area (Å²) in [4.78, 5) is 12.3. The van der Waals surface area contributed by atoms with E-state index in [9.17, 15) is 13.2 Å². The Labute approximate surface area is 144 Å². The second-order valence-electron chi connectivity index (χ2n) is 4.95. The van der Waals surface area contributed by atoms with Gasteiger partial charge in [-0.25, -0.2) is 8.42 Å². The Hall–Kier alpha value is -1.76. The van der Waals surface area contributed by atoms with Gasteiger partial charge in [0.25, 0.3) is 5.91 Å². The van der Waals surface area contributed by atoms with Gasteiger partial charge in [0.2, 0.25) is 10.0 Å². The van der Waals surface area contributed by atoms with Gasteiger partial charge < -0.3 is 5.32 Å². The lowest BCUT2D eigenvalue weighted by Gasteiger charge is -2.12. The van der Waals surface area contributed by atoms with Crippen LogP contribution >= 0.6 is 23.2 Å². The van der Waals surface area contributed by atoms with Gasteiger partial charge in [-0.3, -0.25) is 9.52 Å². The van der Waals surface area contributed by atoms with Crippen molar-refractivity contribution in [2.75, 3.05) is 16.3 Å². The van der Waals surface area contributed by atoms with E-state index in [1.165, 1.54) is 6.07 Å². The Balaban J connectivity index is 2.32. The SMILES string of the molecule is Cc1ccc(C(=O)Nc2c(Cl)cccc2Cl)cc1NS(C)(=O)=O. The standard InChI is InChI=1S/C15H14Cl2N2O3S/c1-9-6-7-10(8-13(9)19-23(2,21)22)15(20)18-14-11(16)4-3-5-12(14)17/h3-8,19H,1-2H3,(H,18,20). The third-order valence-electron chi connectivity index (χ3n) is 3.00. The summed E-state index contributed by atoms with van der Waals surface area (Å²) < 4.78 is 25.1. The van der Waals surface area contributed by atoms with E-state index in [1.807, 2.05) is 0 Å². The molecule has 0 aliphatic heterocycles. The average Bonchev–Trinajstić information content (AvgIpc) is 2.44. The first-order valence-electron chi connectivity index (χ1n) is 6.51. The molecule has 0 bridgehead atoms. The lowest BCUT2D eigenvalue weighted by Crippen LogP contribution is -2.15. The predicted molar refractivity (Wildman–Crippen MR) is 94.1 cm³/mol. The molecule has 0 radical (unpaired) electrons. The number of hydrogen-bond donors (Lipinski definition) is 2. The van der Waals surface area contributed by atoms with Gasteiger partial charge in [-0.1, -0.05) is 35.3 Å². The van der Waals surface area contributed by atoms with E-state index in [1.54, 1.807) is 37.3 Å². The number of nitrogens with one attached hydrogen (secondary N) is 2. The first kappa shape index (κ1) is 17.6. The Bertz CT molecular complexity index is 847. The van der Waals surface area contributed by atoms with Crippen molar-refractivity contribution in [3.05, 3.63) is 57.6 Å². The molecule has 0 saturated heterocycles. The Morgan fingerprint density at radius 1 is 1.09 bits per heavy atom. The molecule has 0 atom stereocenters. The number of sulfonamides is 1. The zero-order chi connectivity index (χ0) is 17.2. The summed E-state index contributed by atoms with van der Waals surface area (Å²) in [6.45, 7) is 1.74. The molecule has 8 heteroatoms. The zero-order valence-electron chi connectivity index (χ0n) is 12.4. The maximum Gasteiger partial charge on any atom is 0.255 e. The topological polar surface area (TPSA) is 75.3 Å². The van der Waals surface area contributed by atoms with Crippen LogP contribution in [-0.2, 0) is 10.0 Å². The fraction of sp³-hybridized carbons (Fsp3) is 0.133. The van der Waals surface area contributed by atoms with Gasteiger partial charge in [0.05, 0.1) is 27.7 Å². The summed E-state index contributed by atoms with van der Waals surface area (Å²) in [7, 11) is -3.44. The van der Waals surface area contributed by atoms with Gasteiger partial charge in [0.1, 0.15) is 0 Å². The number of hydrogen-bond acceptors (Lipinski definition) is 3. The monoisotopic (exact) mass is 372 g/mol. The molecule has 0 aromatic heterocycles. The molecule has 122 valence electrons. The molecule has 5 nitrogen and oxygen atoms in total. The van der Waals surface area contributed by atoms with Crippen molar-refractivity contribution in [3.8, 4) is 0 Å². The van der Waals surface area contributed by atoms with Crippen molar-refractivity contribution in [1.29, 1.82) is 0 Å². The minimum Gasteiger partial charge on any atom is -0.319 e. The molecule has 2 N–H and O–H groups in total. The molecule has 0 fully saturated rings. The number of amides is 1. The molecule has 2 rings (SSSR count). The predicted octanol–water partition coefficient (Wildman–Crippen LogP) is 3.93. The molecular formula is C15H14Cl2N2O3S. The number of rotatable bonds is 4. The first-order valence-corrected chi connectivity index (χ1v) is 9.16. The van der Waals surface area contributed by atoms with Crippen molar-refractivity contribution in [1.82, 2.24) is 0 Å². The Morgan fingerprint density at radius 2 is 1.70 bits per heavy atom. The fourth-order valence-electron chi connectivity index (χ4n) is 1.88. The van der Waals surface area contributed by atoms with Crippen LogP contribution in [0.2, 0.25) is 10.0 Å². The number of para-hydroxylation sites is 1. The lowest BCUT2D eigenvalue weighted by molar-refractivity contribution is 0.102. The van der Waals surface area contributed by atoms with Crippen molar-refractivity contribution >= 4 is 50.5 Å². The van der Waals surface area contributed by atoms with Crippen molar-refractivity contribution in [2.24, 2.45) is 0 Å². The van der Waals surface area contributed by atoms with Crippen LogP contribution in [-0.4, -0.2) is 20.6 Å². The molecule has 1 amide bonds. The average molecular weight is 373 g/mol. The molecule has 2 aromatic rings. The molecule has 2 aromatic carbocycles. The molecule has 0 spiro atoms. The quantitative estimate of drug-likeness (QED) is 0.853. The molecule has 0 heterocycles. The van der Waals surface area contributed by atoms with Gasteiger partial charge in [0, 0.05) is 5.56 Å². The maximum atomic E-state index is 12.3. The highest BCUT2D eigenvalue weighted by Crippen LogP contribution is 2.30. The number of anilines is 2. The van der Waals surface area contributed by atoms with Crippen LogP contribution in [0.3, 0.4) is 0 Å². The van der Waals surface area contributed by atoms with Crippen LogP contribution < -0.4 is 10.0 Å². The first-order chi connectivity index (χ1) is 10.7. The van der Waals surface area contributed by atoms with Crippen LogP contribution in [0.15, 0.2) is 36.4 Å². The molecule has 23 heavy (non-hydrogen) atoms. The highest BCUT2D eigenvalue weighted by Gasteiger charge is 2.14. The van der Waals surface area contributed by atoms with Crippen LogP contribution in [0.1, 0.15) is 15.9 Å². The van der Waals surface area contributed by atoms with E-state index in [0.717, 1.165) is 6.26 Å². The number of carbonyl (C=O) groups is 1. The van der Waals surface area contributed by atoms with Gasteiger partial charge in [-0.05, 0) is 36.8 Å². The van der Waals surface area contributed by atoms with E-state index in [2.05, 4.69) is 10.0 Å². The lowest BCUT2D eigenvalue weighted by atomic mass is 10.1. The third-order valence-corrected chi connectivity index (χ3v) is 4.22. The van der Waals surface area contributed by atoms with E-state index in [0.29, 0.717) is 27.0 Å². The molecular weight excluding hydrogens is 359 g/mol. The summed E-state index contributed by atoms with van der Waals surface area (Å²) in [5.74, 6) is -0.448. The fourth-order valence-corrected chi connectivity index (χ4v) is 2.99. The van der Waals surface area contributed by atoms with Crippen LogP contribution in [0, 0.1) is 6.92 Å². The van der Waals surface area contributed by atoms with E-state index >= 15 is 0 Å². The van der Waals surface area contributed by atoms with Crippen molar-refractivity contribution in [3.63, 3.8) is 0 Å². The molecule has 0 aliphatic rings. The summed E-state index contributed by atoms with van der Waals surface area (Å²) in [5.41, 5.74) is 1.62.